The maximum absolute atomic E-state index is 12.9. The van der Waals surface area contributed by atoms with Gasteiger partial charge in [0.1, 0.15) is 5.75 Å². The monoisotopic (exact) mass is 396 g/mol. The number of aryl methyl sites for hydroxylation is 1. The van der Waals surface area contributed by atoms with Crippen LogP contribution in [-0.2, 0) is 24.8 Å². The average molecular weight is 397 g/mol. The quantitative estimate of drug-likeness (QED) is 0.795. The van der Waals surface area contributed by atoms with Gasteiger partial charge in [0.15, 0.2) is 0 Å². The zero-order valence-corrected chi connectivity index (χ0v) is 17.7. The van der Waals surface area contributed by atoms with Gasteiger partial charge in [-0.25, -0.2) is 0 Å². The van der Waals surface area contributed by atoms with Gasteiger partial charge in [0.2, 0.25) is 5.91 Å². The van der Waals surface area contributed by atoms with Crippen LogP contribution < -0.4 is 4.74 Å². The van der Waals surface area contributed by atoms with Crippen LogP contribution in [0, 0.1) is 0 Å². The largest absolute Gasteiger partial charge is 0.497 e. The number of carbonyl (C=O) groups is 1. The summed E-state index contributed by atoms with van der Waals surface area (Å²) in [5, 5.41) is 1.29. The van der Waals surface area contributed by atoms with Crippen molar-refractivity contribution in [2.24, 2.45) is 7.05 Å². The summed E-state index contributed by atoms with van der Waals surface area (Å²) >= 11 is 0. The minimum absolute atomic E-state index is 0.294. The number of fused-ring (bicyclic) bond motifs is 3. The van der Waals surface area contributed by atoms with Crippen molar-refractivity contribution in [1.82, 2.24) is 19.3 Å². The molecule has 2 fully saturated rings. The van der Waals surface area contributed by atoms with Crippen LogP contribution >= 0.6 is 0 Å². The number of rotatable bonds is 4. The molecule has 1 aromatic heterocycles. The molecule has 0 unspecified atom stereocenters. The second kappa shape index (κ2) is 7.65. The van der Waals surface area contributed by atoms with E-state index in [9.17, 15) is 4.79 Å². The van der Waals surface area contributed by atoms with Crippen LogP contribution in [0.25, 0.3) is 10.9 Å². The summed E-state index contributed by atoms with van der Waals surface area (Å²) in [4.78, 5) is 19.9. The van der Waals surface area contributed by atoms with Crippen molar-refractivity contribution < 1.29 is 9.53 Å². The van der Waals surface area contributed by atoms with E-state index in [1.165, 1.54) is 41.4 Å². The number of amides is 1. The minimum Gasteiger partial charge on any atom is -0.497 e. The van der Waals surface area contributed by atoms with E-state index in [1.54, 1.807) is 7.11 Å². The Morgan fingerprint density at radius 3 is 2.62 bits per heavy atom. The van der Waals surface area contributed by atoms with E-state index < -0.39 is 0 Å². The summed E-state index contributed by atoms with van der Waals surface area (Å²) in [5.41, 5.74) is 4.00. The van der Waals surface area contributed by atoms with E-state index in [-0.39, 0.29) is 0 Å². The second-order valence-corrected chi connectivity index (χ2v) is 8.83. The third-order valence-electron chi connectivity index (χ3n) is 7.31. The smallest absolute Gasteiger partial charge is 0.236 e. The molecule has 0 bridgehead atoms. The molecular formula is C23H32N4O2. The third kappa shape index (κ3) is 3.42. The molecule has 0 N–H and O–H groups in total. The predicted octanol–water partition coefficient (Wildman–Crippen LogP) is 2.24. The zero-order chi connectivity index (χ0) is 20.0. The lowest BCUT2D eigenvalue weighted by Gasteiger charge is -2.43. The third-order valence-corrected chi connectivity index (χ3v) is 7.31. The minimum atomic E-state index is 0.294. The maximum atomic E-state index is 12.9. The normalized spacial score (nSPS) is 21.2. The van der Waals surface area contributed by atoms with Crippen molar-refractivity contribution in [2.75, 3.05) is 46.4 Å². The molecule has 2 aliphatic heterocycles. The Hall–Kier alpha value is -2.05. The summed E-state index contributed by atoms with van der Waals surface area (Å²) in [6.45, 7) is 6.20. The summed E-state index contributed by atoms with van der Waals surface area (Å²) in [5.74, 6) is 1.20. The number of methoxy groups -OCH3 is 1. The van der Waals surface area contributed by atoms with Gasteiger partial charge in [-0.1, -0.05) is 6.42 Å². The predicted molar refractivity (Wildman–Crippen MR) is 114 cm³/mol. The molecule has 5 rings (SSSR count). The fraction of sp³-hybridized carbons (Fsp3) is 0.609. The van der Waals surface area contributed by atoms with Crippen LogP contribution in [0.1, 0.15) is 30.5 Å². The molecule has 6 heteroatoms. The van der Waals surface area contributed by atoms with Crippen LogP contribution in [0.3, 0.4) is 0 Å². The van der Waals surface area contributed by atoms with E-state index in [2.05, 4.69) is 38.4 Å². The van der Waals surface area contributed by atoms with Crippen molar-refractivity contribution in [3.8, 4) is 5.75 Å². The Bertz CT molecular complexity index is 909. The van der Waals surface area contributed by atoms with E-state index >= 15 is 0 Å². The Morgan fingerprint density at radius 2 is 1.93 bits per heavy atom. The van der Waals surface area contributed by atoms with Crippen LogP contribution in [0.4, 0.5) is 0 Å². The second-order valence-electron chi connectivity index (χ2n) is 8.83. The molecule has 3 heterocycles. The maximum Gasteiger partial charge on any atom is 0.236 e. The number of hydrogen-bond donors (Lipinski definition) is 0. The fourth-order valence-electron chi connectivity index (χ4n) is 5.24. The number of hydrogen-bond acceptors (Lipinski definition) is 4. The van der Waals surface area contributed by atoms with Gasteiger partial charge in [-0.05, 0) is 43.0 Å². The Morgan fingerprint density at radius 1 is 1.14 bits per heavy atom. The summed E-state index contributed by atoms with van der Waals surface area (Å²) in [7, 11) is 3.86. The Balaban J connectivity index is 1.23. The van der Waals surface area contributed by atoms with Gasteiger partial charge < -0.3 is 14.2 Å². The average Bonchev–Trinajstić information content (AvgIpc) is 2.98. The first-order valence-corrected chi connectivity index (χ1v) is 11.0. The molecule has 29 heavy (non-hydrogen) atoms. The van der Waals surface area contributed by atoms with Crippen molar-refractivity contribution in [2.45, 2.75) is 38.3 Å². The fourth-order valence-corrected chi connectivity index (χ4v) is 5.24. The number of aromatic nitrogens is 1. The molecule has 0 atom stereocenters. The lowest BCUT2D eigenvalue weighted by Crippen LogP contribution is -2.55. The van der Waals surface area contributed by atoms with Crippen LogP contribution in [0.15, 0.2) is 18.2 Å². The molecular weight excluding hydrogens is 364 g/mol. The van der Waals surface area contributed by atoms with Crippen molar-refractivity contribution in [3.63, 3.8) is 0 Å². The molecule has 1 aliphatic carbocycles. The highest BCUT2D eigenvalue weighted by atomic mass is 16.5. The first-order valence-electron chi connectivity index (χ1n) is 11.0. The van der Waals surface area contributed by atoms with Gasteiger partial charge in [-0.3, -0.25) is 14.6 Å². The van der Waals surface area contributed by atoms with Crippen molar-refractivity contribution >= 4 is 16.8 Å². The first-order chi connectivity index (χ1) is 14.1. The summed E-state index contributed by atoms with van der Waals surface area (Å²) in [6.07, 6.45) is 5.06. The van der Waals surface area contributed by atoms with Crippen LogP contribution in [-0.4, -0.2) is 77.6 Å². The van der Waals surface area contributed by atoms with Gasteiger partial charge in [0.25, 0.3) is 0 Å². The molecule has 3 aliphatic rings. The summed E-state index contributed by atoms with van der Waals surface area (Å²) < 4.78 is 7.71. The molecule has 1 saturated carbocycles. The molecule has 0 spiro atoms. The van der Waals surface area contributed by atoms with E-state index in [1.807, 2.05) is 6.07 Å². The highest BCUT2D eigenvalue weighted by Crippen LogP contribution is 2.32. The zero-order valence-electron chi connectivity index (χ0n) is 17.7. The molecule has 0 radical (unpaired) electrons. The molecule has 1 aromatic carbocycles. The lowest BCUT2D eigenvalue weighted by molar-refractivity contribution is -0.135. The van der Waals surface area contributed by atoms with E-state index in [4.69, 9.17) is 4.74 Å². The first kappa shape index (κ1) is 18.9. The molecule has 2 aromatic rings. The van der Waals surface area contributed by atoms with Crippen molar-refractivity contribution in [3.05, 3.63) is 29.5 Å². The highest BCUT2D eigenvalue weighted by molar-refractivity contribution is 5.87. The number of piperazine rings is 1. The number of ether oxygens (including phenoxy) is 1. The number of carbonyl (C=O) groups excluding carboxylic acids is 1. The highest BCUT2D eigenvalue weighted by Gasteiger charge is 2.30. The Kier molecular flexibility index (Phi) is 5.00. The standard InChI is InChI=1S/C23H32N4O2/c1-24-21-7-6-18(29-2)14-20(21)19-8-9-25(15-22(19)24)16-23(28)27-12-10-26(11-13-27)17-4-3-5-17/h6-7,14,17H,3-5,8-13,15-16H2,1-2H3. The van der Waals surface area contributed by atoms with Crippen LogP contribution in [0.2, 0.25) is 0 Å². The van der Waals surface area contributed by atoms with E-state index in [0.29, 0.717) is 12.5 Å². The molecule has 6 nitrogen and oxygen atoms in total. The van der Waals surface area contributed by atoms with Gasteiger partial charge in [0.05, 0.1) is 13.7 Å². The number of benzene rings is 1. The van der Waals surface area contributed by atoms with Crippen LogP contribution in [0.5, 0.6) is 5.75 Å². The summed E-state index contributed by atoms with van der Waals surface area (Å²) in [6, 6.07) is 7.11. The topological polar surface area (TPSA) is 41.0 Å². The van der Waals surface area contributed by atoms with Gasteiger partial charge in [-0.15, -0.1) is 0 Å². The van der Waals surface area contributed by atoms with Gasteiger partial charge >= 0.3 is 0 Å². The SMILES string of the molecule is COc1ccc2c(c1)c1c(n2C)CN(CC(=O)N2CCN(C3CCC3)CC2)CC1. The molecule has 1 amide bonds. The van der Waals surface area contributed by atoms with Gasteiger partial charge in [0, 0.05) is 69.0 Å². The molecule has 1 saturated heterocycles. The lowest BCUT2D eigenvalue weighted by atomic mass is 9.91. The molecule has 156 valence electrons. The van der Waals surface area contributed by atoms with Gasteiger partial charge in [-0.2, -0.15) is 0 Å². The Labute approximate surface area is 173 Å². The van der Waals surface area contributed by atoms with E-state index in [0.717, 1.165) is 57.5 Å². The van der Waals surface area contributed by atoms with Crippen molar-refractivity contribution in [1.29, 1.82) is 0 Å². The number of nitrogens with zero attached hydrogens (tertiary/aromatic N) is 4.